The number of nitrogens with one attached hydrogen (secondary N) is 3. The van der Waals surface area contributed by atoms with E-state index >= 15 is 0 Å². The maximum Gasteiger partial charge on any atom is 0.227 e. The first-order valence-electron chi connectivity index (χ1n) is 10.0. The highest BCUT2D eigenvalue weighted by molar-refractivity contribution is 5.85. The summed E-state index contributed by atoms with van der Waals surface area (Å²) < 4.78 is 13.3. The van der Waals surface area contributed by atoms with Crippen LogP contribution in [0.1, 0.15) is 29.9 Å². The summed E-state index contributed by atoms with van der Waals surface area (Å²) in [4.78, 5) is 26.0. The van der Waals surface area contributed by atoms with Gasteiger partial charge in [0.15, 0.2) is 0 Å². The van der Waals surface area contributed by atoms with Crippen LogP contribution in [-0.4, -0.2) is 29.9 Å². The molecule has 4 aromatic rings. The fraction of sp³-hybridized carbons (Fsp3) is 0.182. The third-order valence-corrected chi connectivity index (χ3v) is 4.55. The molecule has 33 heavy (non-hydrogen) atoms. The third-order valence-electron chi connectivity index (χ3n) is 4.55. The van der Waals surface area contributed by atoms with Crippen LogP contribution >= 0.6 is 12.4 Å². The van der Waals surface area contributed by atoms with E-state index in [4.69, 9.17) is 0 Å². The Hall–Kier alpha value is -3.92. The summed E-state index contributed by atoms with van der Waals surface area (Å²) in [5.41, 5.74) is 2.55. The van der Waals surface area contributed by atoms with Crippen molar-refractivity contribution < 1.29 is 4.39 Å². The minimum Gasteiger partial charge on any atom is -0.364 e. The maximum absolute atomic E-state index is 13.3. The van der Waals surface area contributed by atoms with E-state index in [0.29, 0.717) is 29.9 Å². The van der Waals surface area contributed by atoms with Crippen LogP contribution in [0.4, 0.5) is 27.8 Å². The van der Waals surface area contributed by atoms with Crippen LogP contribution in [0, 0.1) is 12.7 Å². The van der Waals surface area contributed by atoms with Crippen LogP contribution in [0.25, 0.3) is 0 Å². The van der Waals surface area contributed by atoms with E-state index in [1.54, 1.807) is 49.2 Å². The zero-order valence-electron chi connectivity index (χ0n) is 18.0. The van der Waals surface area contributed by atoms with Crippen LogP contribution in [-0.2, 0) is 6.54 Å². The molecule has 3 N–H and O–H groups in total. The Balaban J connectivity index is 0.00000306. The predicted molar refractivity (Wildman–Crippen MR) is 127 cm³/mol. The molecule has 0 aliphatic heterocycles. The summed E-state index contributed by atoms with van der Waals surface area (Å²) in [6, 6.07) is 7.93. The maximum atomic E-state index is 13.3. The van der Waals surface area contributed by atoms with Gasteiger partial charge in [-0.05, 0) is 31.5 Å². The molecule has 9 nitrogen and oxygen atoms in total. The second-order valence-corrected chi connectivity index (χ2v) is 7.10. The Morgan fingerprint density at radius 3 is 2.39 bits per heavy atom. The van der Waals surface area contributed by atoms with Crippen LogP contribution in [0.2, 0.25) is 0 Å². The van der Waals surface area contributed by atoms with Crippen LogP contribution < -0.4 is 16.0 Å². The number of rotatable bonds is 8. The molecule has 1 aromatic carbocycles. The Bertz CT molecular complexity index is 1160. The van der Waals surface area contributed by atoms with Crippen molar-refractivity contribution in [3.05, 3.63) is 84.1 Å². The van der Waals surface area contributed by atoms with Gasteiger partial charge in [0, 0.05) is 24.7 Å². The zero-order valence-corrected chi connectivity index (χ0v) is 18.8. The summed E-state index contributed by atoms with van der Waals surface area (Å²) in [5, 5.41) is 9.64. The van der Waals surface area contributed by atoms with Crippen LogP contribution in [0.3, 0.4) is 0 Å². The van der Waals surface area contributed by atoms with Crippen LogP contribution in [0.5, 0.6) is 0 Å². The molecule has 0 radical (unpaired) electrons. The van der Waals surface area contributed by atoms with Gasteiger partial charge in [-0.25, -0.2) is 9.37 Å². The van der Waals surface area contributed by atoms with Gasteiger partial charge < -0.3 is 16.0 Å². The van der Waals surface area contributed by atoms with Gasteiger partial charge in [-0.2, -0.15) is 9.97 Å². The number of hydrogen-bond donors (Lipinski definition) is 3. The number of anilines is 4. The Morgan fingerprint density at radius 1 is 0.909 bits per heavy atom. The van der Waals surface area contributed by atoms with Gasteiger partial charge in [0.25, 0.3) is 0 Å². The minimum atomic E-state index is -0.280. The van der Waals surface area contributed by atoms with Crippen molar-refractivity contribution in [3.63, 3.8) is 0 Å². The summed E-state index contributed by atoms with van der Waals surface area (Å²) in [5.74, 6) is 1.79. The van der Waals surface area contributed by atoms with Gasteiger partial charge in [-0.3, -0.25) is 15.0 Å². The molecule has 0 fully saturated rings. The lowest BCUT2D eigenvalue weighted by Crippen LogP contribution is -2.12. The zero-order chi connectivity index (χ0) is 22.3. The summed E-state index contributed by atoms with van der Waals surface area (Å²) in [7, 11) is 0. The van der Waals surface area contributed by atoms with Crippen LogP contribution in [0.15, 0.2) is 61.3 Å². The first-order valence-corrected chi connectivity index (χ1v) is 10.0. The average Bonchev–Trinajstić information content (AvgIpc) is 2.80. The quantitative estimate of drug-likeness (QED) is 0.345. The Kier molecular flexibility index (Phi) is 7.98. The number of aromatic nitrogens is 6. The first-order chi connectivity index (χ1) is 15.5. The average molecular weight is 468 g/mol. The normalized spacial score (nSPS) is 11.2. The highest BCUT2D eigenvalue weighted by Crippen LogP contribution is 2.22. The number of halogens is 2. The third kappa shape index (κ3) is 6.78. The highest BCUT2D eigenvalue weighted by atomic mass is 35.5. The molecule has 0 amide bonds. The first kappa shape index (κ1) is 23.7. The number of nitrogens with zero attached hydrogens (tertiary/aromatic N) is 6. The molecule has 3 aromatic heterocycles. The highest BCUT2D eigenvalue weighted by Gasteiger charge is 2.11. The molecule has 3 heterocycles. The van der Waals surface area contributed by atoms with Crippen molar-refractivity contribution in [2.75, 3.05) is 16.0 Å². The second-order valence-electron chi connectivity index (χ2n) is 7.10. The van der Waals surface area contributed by atoms with Gasteiger partial charge in [0.2, 0.25) is 5.95 Å². The molecule has 0 bridgehead atoms. The smallest absolute Gasteiger partial charge is 0.227 e. The van der Waals surface area contributed by atoms with E-state index in [-0.39, 0.29) is 24.3 Å². The molecule has 0 aliphatic carbocycles. The molecule has 11 heteroatoms. The molecule has 0 saturated heterocycles. The van der Waals surface area contributed by atoms with E-state index < -0.39 is 0 Å². The van der Waals surface area contributed by atoms with Gasteiger partial charge in [0.05, 0.1) is 36.4 Å². The lowest BCUT2D eigenvalue weighted by atomic mass is 10.1. The topological polar surface area (TPSA) is 113 Å². The molecule has 0 saturated carbocycles. The van der Waals surface area contributed by atoms with Gasteiger partial charge in [-0.15, -0.1) is 12.4 Å². The minimum absolute atomic E-state index is 0. The molecule has 1 unspecified atom stereocenters. The fourth-order valence-electron chi connectivity index (χ4n) is 2.88. The van der Waals surface area contributed by atoms with Gasteiger partial charge in [-0.1, -0.05) is 12.1 Å². The van der Waals surface area contributed by atoms with Crippen molar-refractivity contribution in [2.45, 2.75) is 26.4 Å². The summed E-state index contributed by atoms with van der Waals surface area (Å²) in [6.45, 7) is 4.29. The predicted octanol–water partition coefficient (Wildman–Crippen LogP) is 4.45. The molecular weight excluding hydrogens is 445 g/mol. The van der Waals surface area contributed by atoms with Crippen molar-refractivity contribution in [1.82, 2.24) is 29.9 Å². The molecule has 170 valence electrons. The van der Waals surface area contributed by atoms with Gasteiger partial charge >= 0.3 is 0 Å². The molecule has 4 rings (SSSR count). The van der Waals surface area contributed by atoms with E-state index in [1.807, 2.05) is 13.8 Å². The second kappa shape index (κ2) is 11.1. The molecule has 1 atom stereocenters. The fourth-order valence-corrected chi connectivity index (χ4v) is 2.88. The van der Waals surface area contributed by atoms with Crippen molar-refractivity contribution in [2.24, 2.45) is 0 Å². The standard InChI is InChI=1S/C22H22FN9.ClH/c1-14-10-27-18(11-26-14)12-28-19-9-20(30-21-13-24-7-8-25-21)32-22(31-19)29-15(2)16-3-5-17(23)6-4-16;/h3-11,13,15H,12H2,1-2H3,(H3,25,28,29,30,31,32);1H. The SMILES string of the molecule is Cc1cnc(CNc2cc(Nc3cnccn3)nc(NC(C)c3ccc(F)cc3)n2)cn1.Cl. The lowest BCUT2D eigenvalue weighted by molar-refractivity contribution is 0.626. The monoisotopic (exact) mass is 467 g/mol. The summed E-state index contributed by atoms with van der Waals surface area (Å²) in [6.07, 6.45) is 8.23. The van der Waals surface area contributed by atoms with E-state index in [2.05, 4.69) is 45.9 Å². The molecule has 0 aliphatic rings. The molecular formula is C22H23ClFN9. The van der Waals surface area contributed by atoms with Crippen molar-refractivity contribution in [1.29, 1.82) is 0 Å². The summed E-state index contributed by atoms with van der Waals surface area (Å²) >= 11 is 0. The van der Waals surface area contributed by atoms with E-state index in [9.17, 15) is 4.39 Å². The number of benzene rings is 1. The number of aryl methyl sites for hydroxylation is 1. The Morgan fingerprint density at radius 2 is 1.70 bits per heavy atom. The lowest BCUT2D eigenvalue weighted by Gasteiger charge is -2.16. The Labute approximate surface area is 196 Å². The largest absolute Gasteiger partial charge is 0.364 e. The number of hydrogen-bond acceptors (Lipinski definition) is 9. The van der Waals surface area contributed by atoms with Gasteiger partial charge in [0.1, 0.15) is 23.3 Å². The van der Waals surface area contributed by atoms with E-state index in [0.717, 1.165) is 17.0 Å². The van der Waals surface area contributed by atoms with E-state index in [1.165, 1.54) is 12.1 Å². The van der Waals surface area contributed by atoms with Crippen molar-refractivity contribution >= 4 is 35.8 Å². The molecule has 0 spiro atoms. The van der Waals surface area contributed by atoms with Crippen molar-refractivity contribution in [3.8, 4) is 0 Å².